The maximum atomic E-state index is 12.8. The topological polar surface area (TPSA) is 92.5 Å². The van der Waals surface area contributed by atoms with Crippen molar-refractivity contribution in [1.29, 1.82) is 0 Å². The van der Waals surface area contributed by atoms with Crippen molar-refractivity contribution in [2.24, 2.45) is 0 Å². The molecule has 0 saturated heterocycles. The molecule has 0 saturated carbocycles. The normalized spacial score (nSPS) is 14.6. The van der Waals surface area contributed by atoms with Gasteiger partial charge in [0.2, 0.25) is 10.0 Å². The molecule has 28 heavy (non-hydrogen) atoms. The number of nitrogens with zero attached hydrogens (tertiary/aromatic N) is 2. The average Bonchev–Trinajstić information content (AvgIpc) is 3.30. The van der Waals surface area contributed by atoms with Crippen molar-refractivity contribution in [1.82, 2.24) is 9.29 Å². The van der Waals surface area contributed by atoms with Crippen LogP contribution in [0.1, 0.15) is 32.3 Å². The number of nitrogens with one attached hydrogen (secondary N) is 1. The molecule has 1 aliphatic rings. The highest BCUT2D eigenvalue weighted by Crippen LogP contribution is 2.30. The van der Waals surface area contributed by atoms with E-state index in [4.69, 9.17) is 4.42 Å². The molecule has 0 aliphatic carbocycles. The van der Waals surface area contributed by atoms with E-state index in [0.29, 0.717) is 18.1 Å². The lowest BCUT2D eigenvalue weighted by atomic mass is 10.2. The highest BCUT2D eigenvalue weighted by molar-refractivity contribution is 7.88. The molecule has 2 aromatic heterocycles. The molecule has 0 fully saturated rings. The monoisotopic (exact) mass is 417 g/mol. The SMILES string of the molecule is Cc1cccc(CS(=O)(=O)N2CCc3nc(NC(=O)c4ccco4)sc3C2)c1. The Kier molecular flexibility index (Phi) is 5.05. The second-order valence-electron chi connectivity index (χ2n) is 6.65. The number of anilines is 1. The summed E-state index contributed by atoms with van der Waals surface area (Å²) in [4.78, 5) is 17.4. The summed E-state index contributed by atoms with van der Waals surface area (Å²) in [5.74, 6) is -0.194. The lowest BCUT2D eigenvalue weighted by Crippen LogP contribution is -2.36. The maximum Gasteiger partial charge on any atom is 0.293 e. The van der Waals surface area contributed by atoms with E-state index in [1.807, 2.05) is 31.2 Å². The smallest absolute Gasteiger partial charge is 0.293 e. The Labute approximate surface area is 167 Å². The van der Waals surface area contributed by atoms with Gasteiger partial charge in [-0.05, 0) is 24.6 Å². The van der Waals surface area contributed by atoms with E-state index in [1.54, 1.807) is 12.1 Å². The Morgan fingerprint density at radius 1 is 1.32 bits per heavy atom. The fourth-order valence-electron chi connectivity index (χ4n) is 3.13. The van der Waals surface area contributed by atoms with E-state index < -0.39 is 10.0 Å². The number of carbonyl (C=O) groups is 1. The van der Waals surface area contributed by atoms with Gasteiger partial charge in [0.05, 0.1) is 17.7 Å². The maximum absolute atomic E-state index is 12.8. The molecular weight excluding hydrogens is 398 g/mol. The van der Waals surface area contributed by atoms with Gasteiger partial charge in [-0.3, -0.25) is 10.1 Å². The molecule has 4 rings (SSSR count). The average molecular weight is 418 g/mol. The van der Waals surface area contributed by atoms with Gasteiger partial charge in [0, 0.05) is 24.4 Å². The first-order valence-electron chi connectivity index (χ1n) is 8.77. The van der Waals surface area contributed by atoms with Gasteiger partial charge >= 0.3 is 0 Å². The number of thiazole rings is 1. The molecule has 0 spiro atoms. The van der Waals surface area contributed by atoms with Gasteiger partial charge in [-0.1, -0.05) is 29.8 Å². The molecule has 7 nitrogen and oxygen atoms in total. The van der Waals surface area contributed by atoms with Crippen molar-refractivity contribution in [2.45, 2.75) is 25.6 Å². The van der Waals surface area contributed by atoms with E-state index in [9.17, 15) is 13.2 Å². The van der Waals surface area contributed by atoms with Gasteiger partial charge < -0.3 is 4.42 Å². The largest absolute Gasteiger partial charge is 0.459 e. The molecule has 1 N–H and O–H groups in total. The summed E-state index contributed by atoms with van der Waals surface area (Å²) in [5, 5.41) is 3.16. The Morgan fingerprint density at radius 2 is 2.18 bits per heavy atom. The molecule has 0 unspecified atom stereocenters. The number of sulfonamides is 1. The predicted octanol–water partition coefficient (Wildman–Crippen LogP) is 3.18. The number of carbonyl (C=O) groups excluding carboxylic acids is 1. The van der Waals surface area contributed by atoms with Crippen LogP contribution in [-0.4, -0.2) is 30.2 Å². The minimum atomic E-state index is -3.44. The highest BCUT2D eigenvalue weighted by atomic mass is 32.2. The van der Waals surface area contributed by atoms with Crippen LogP contribution in [0.5, 0.6) is 0 Å². The zero-order chi connectivity index (χ0) is 19.7. The second-order valence-corrected chi connectivity index (χ2v) is 9.70. The minimum Gasteiger partial charge on any atom is -0.459 e. The molecule has 0 atom stereocenters. The summed E-state index contributed by atoms with van der Waals surface area (Å²) in [6, 6.07) is 10.7. The van der Waals surface area contributed by atoms with Crippen molar-refractivity contribution in [3.8, 4) is 0 Å². The number of aromatic nitrogens is 1. The highest BCUT2D eigenvalue weighted by Gasteiger charge is 2.29. The number of amides is 1. The molecule has 146 valence electrons. The third-order valence-electron chi connectivity index (χ3n) is 4.49. The van der Waals surface area contributed by atoms with Crippen LogP contribution in [-0.2, 0) is 28.7 Å². The number of rotatable bonds is 5. The predicted molar refractivity (Wildman–Crippen MR) is 107 cm³/mol. The Morgan fingerprint density at radius 3 is 2.93 bits per heavy atom. The van der Waals surface area contributed by atoms with E-state index in [1.165, 1.54) is 21.9 Å². The van der Waals surface area contributed by atoms with Crippen LogP contribution in [0.15, 0.2) is 47.1 Å². The molecule has 9 heteroatoms. The lowest BCUT2D eigenvalue weighted by molar-refractivity contribution is 0.0996. The molecule has 0 bridgehead atoms. The van der Waals surface area contributed by atoms with Crippen molar-refractivity contribution in [3.05, 3.63) is 70.1 Å². The Bertz CT molecular complexity index is 1100. The molecule has 0 radical (unpaired) electrons. The van der Waals surface area contributed by atoms with Crippen LogP contribution in [0.2, 0.25) is 0 Å². The first-order chi connectivity index (χ1) is 13.4. The van der Waals surface area contributed by atoms with Crippen LogP contribution in [0.25, 0.3) is 0 Å². The molecule has 3 aromatic rings. The number of benzene rings is 1. The van der Waals surface area contributed by atoms with E-state index in [2.05, 4.69) is 10.3 Å². The van der Waals surface area contributed by atoms with Crippen LogP contribution in [0.3, 0.4) is 0 Å². The van der Waals surface area contributed by atoms with Gasteiger partial charge in [-0.25, -0.2) is 13.4 Å². The third-order valence-corrected chi connectivity index (χ3v) is 7.28. The van der Waals surface area contributed by atoms with E-state index in [0.717, 1.165) is 21.7 Å². The van der Waals surface area contributed by atoms with Gasteiger partial charge in [0.15, 0.2) is 10.9 Å². The number of aryl methyl sites for hydroxylation is 1. The van der Waals surface area contributed by atoms with Gasteiger partial charge in [-0.2, -0.15) is 4.31 Å². The van der Waals surface area contributed by atoms with Crippen LogP contribution in [0.4, 0.5) is 5.13 Å². The third kappa shape index (κ3) is 4.01. The summed E-state index contributed by atoms with van der Waals surface area (Å²) in [6.45, 7) is 2.60. The quantitative estimate of drug-likeness (QED) is 0.688. The Balaban J connectivity index is 1.47. The number of hydrogen-bond acceptors (Lipinski definition) is 6. The molecule has 1 amide bonds. The summed E-state index contributed by atoms with van der Waals surface area (Å²) >= 11 is 1.30. The zero-order valence-corrected chi connectivity index (χ0v) is 16.8. The lowest BCUT2D eigenvalue weighted by Gasteiger charge is -2.25. The zero-order valence-electron chi connectivity index (χ0n) is 15.2. The van der Waals surface area contributed by atoms with Crippen LogP contribution < -0.4 is 5.32 Å². The number of hydrogen-bond donors (Lipinski definition) is 1. The summed E-state index contributed by atoms with van der Waals surface area (Å²) in [5.41, 5.74) is 2.65. The van der Waals surface area contributed by atoms with Crippen molar-refractivity contribution < 1.29 is 17.6 Å². The van der Waals surface area contributed by atoms with Crippen molar-refractivity contribution >= 4 is 32.4 Å². The first-order valence-corrected chi connectivity index (χ1v) is 11.2. The minimum absolute atomic E-state index is 0.0229. The fraction of sp³-hybridized carbons (Fsp3) is 0.263. The molecule has 1 aliphatic heterocycles. The van der Waals surface area contributed by atoms with Crippen molar-refractivity contribution in [3.63, 3.8) is 0 Å². The standard InChI is InChI=1S/C19H19N3O4S2/c1-13-4-2-5-14(10-13)12-28(24,25)22-8-7-15-17(11-22)27-19(20-15)21-18(23)16-6-3-9-26-16/h2-6,9-10H,7-8,11-12H2,1H3,(H,20,21,23). The van der Waals surface area contributed by atoms with Gasteiger partial charge in [0.1, 0.15) is 0 Å². The van der Waals surface area contributed by atoms with Gasteiger partial charge in [-0.15, -0.1) is 11.3 Å². The Hall–Kier alpha value is -2.49. The molecule has 1 aromatic carbocycles. The van der Waals surface area contributed by atoms with E-state index in [-0.39, 0.29) is 24.0 Å². The summed E-state index contributed by atoms with van der Waals surface area (Å²) in [6.07, 6.45) is 1.95. The van der Waals surface area contributed by atoms with Crippen LogP contribution in [0, 0.1) is 6.92 Å². The first kappa shape index (κ1) is 18.9. The molecular formula is C19H19N3O4S2. The van der Waals surface area contributed by atoms with Crippen molar-refractivity contribution in [2.75, 3.05) is 11.9 Å². The number of fused-ring (bicyclic) bond motifs is 1. The molecule has 3 heterocycles. The van der Waals surface area contributed by atoms with Gasteiger partial charge in [0.25, 0.3) is 5.91 Å². The second kappa shape index (κ2) is 7.50. The van der Waals surface area contributed by atoms with Crippen LogP contribution >= 0.6 is 11.3 Å². The van der Waals surface area contributed by atoms with E-state index >= 15 is 0 Å². The summed E-state index contributed by atoms with van der Waals surface area (Å²) < 4.78 is 32.3. The number of furan rings is 1. The summed E-state index contributed by atoms with van der Waals surface area (Å²) in [7, 11) is -3.44. The fourth-order valence-corrected chi connectivity index (χ4v) is 5.71.